The number of hydrogen-bond donors (Lipinski definition) is 2. The number of rotatable bonds is 3. The van der Waals surface area contributed by atoms with Crippen molar-refractivity contribution in [2.75, 3.05) is 13.7 Å². The van der Waals surface area contributed by atoms with Crippen LogP contribution in [0.4, 0.5) is 0 Å². The molecule has 2 unspecified atom stereocenters. The first-order chi connectivity index (χ1) is 7.05. The van der Waals surface area contributed by atoms with E-state index in [0.717, 1.165) is 25.7 Å². The fraction of sp³-hybridized carbons (Fsp3) is 1.00. The van der Waals surface area contributed by atoms with E-state index < -0.39 is 5.60 Å². The van der Waals surface area contributed by atoms with Crippen LogP contribution in [0.15, 0.2) is 0 Å². The molecule has 0 heterocycles. The first-order valence-corrected chi connectivity index (χ1v) is 6.00. The highest BCUT2D eigenvalue weighted by Gasteiger charge is 2.58. The highest BCUT2D eigenvalue weighted by Crippen LogP contribution is 2.56. The van der Waals surface area contributed by atoms with Gasteiger partial charge in [-0.25, -0.2) is 0 Å². The summed E-state index contributed by atoms with van der Waals surface area (Å²) in [7, 11) is 1.72. The highest BCUT2D eigenvalue weighted by molar-refractivity contribution is 5.10. The summed E-state index contributed by atoms with van der Waals surface area (Å²) >= 11 is 0. The third kappa shape index (κ3) is 1.61. The molecular weight excluding hydrogens is 190 g/mol. The smallest absolute Gasteiger partial charge is 0.0765 e. The Bertz CT molecular complexity index is 238. The van der Waals surface area contributed by atoms with Crippen molar-refractivity contribution in [3.8, 4) is 0 Å². The molecule has 2 fully saturated rings. The van der Waals surface area contributed by atoms with Gasteiger partial charge >= 0.3 is 0 Å². The van der Waals surface area contributed by atoms with E-state index in [1.807, 2.05) is 0 Å². The zero-order valence-electron chi connectivity index (χ0n) is 9.83. The standard InChI is InChI=1S/C12H23NO2/c1-9-3-4-11(5-9,8-13)12(14)6-10(7-12)15-2/h9-10,14H,3-8,13H2,1-2H3. The number of nitrogens with two attached hydrogens (primary N) is 1. The molecule has 3 N–H and O–H groups in total. The molecule has 2 aliphatic rings. The third-order valence-corrected chi connectivity index (χ3v) is 4.70. The van der Waals surface area contributed by atoms with Crippen LogP contribution in [0.25, 0.3) is 0 Å². The van der Waals surface area contributed by atoms with Crippen molar-refractivity contribution in [1.29, 1.82) is 0 Å². The van der Waals surface area contributed by atoms with Crippen LogP contribution in [-0.4, -0.2) is 30.5 Å². The maximum absolute atomic E-state index is 10.6. The maximum Gasteiger partial charge on any atom is 0.0765 e. The second kappa shape index (κ2) is 3.72. The van der Waals surface area contributed by atoms with Crippen molar-refractivity contribution in [1.82, 2.24) is 0 Å². The van der Waals surface area contributed by atoms with Gasteiger partial charge in [-0.1, -0.05) is 13.3 Å². The Kier molecular flexibility index (Phi) is 2.82. The van der Waals surface area contributed by atoms with E-state index in [2.05, 4.69) is 6.92 Å². The van der Waals surface area contributed by atoms with Gasteiger partial charge in [0.25, 0.3) is 0 Å². The molecule has 3 heteroatoms. The van der Waals surface area contributed by atoms with Crippen LogP contribution in [0.2, 0.25) is 0 Å². The van der Waals surface area contributed by atoms with Crippen LogP contribution < -0.4 is 5.73 Å². The van der Waals surface area contributed by atoms with E-state index in [1.54, 1.807) is 7.11 Å². The Balaban J connectivity index is 2.07. The molecule has 0 aromatic heterocycles. The molecule has 88 valence electrons. The Labute approximate surface area is 92.0 Å². The van der Waals surface area contributed by atoms with Gasteiger partial charge in [-0.15, -0.1) is 0 Å². The molecule has 2 saturated carbocycles. The number of aliphatic hydroxyl groups is 1. The molecule has 2 aliphatic carbocycles. The van der Waals surface area contributed by atoms with Gasteiger partial charge in [0.2, 0.25) is 0 Å². The Hall–Kier alpha value is -0.120. The molecule has 0 aliphatic heterocycles. The third-order valence-electron chi connectivity index (χ3n) is 4.70. The predicted octanol–water partition coefficient (Wildman–Crippen LogP) is 1.29. The lowest BCUT2D eigenvalue weighted by molar-refractivity contribution is -0.193. The average Bonchev–Trinajstić information content (AvgIpc) is 2.56. The molecule has 2 rings (SSSR count). The highest BCUT2D eigenvalue weighted by atomic mass is 16.5. The van der Waals surface area contributed by atoms with E-state index in [4.69, 9.17) is 10.5 Å². The minimum Gasteiger partial charge on any atom is -0.389 e. The molecule has 0 saturated heterocycles. The van der Waals surface area contributed by atoms with Crippen LogP contribution in [0.3, 0.4) is 0 Å². The summed E-state index contributed by atoms with van der Waals surface area (Å²) in [4.78, 5) is 0. The molecular formula is C12H23NO2. The van der Waals surface area contributed by atoms with Crippen molar-refractivity contribution < 1.29 is 9.84 Å². The number of methoxy groups -OCH3 is 1. The summed E-state index contributed by atoms with van der Waals surface area (Å²) in [6.07, 6.45) is 5.15. The SMILES string of the molecule is COC1CC(O)(C2(CN)CCC(C)C2)C1. The molecule has 0 bridgehead atoms. The molecule has 3 nitrogen and oxygen atoms in total. The van der Waals surface area contributed by atoms with Crippen LogP contribution in [-0.2, 0) is 4.74 Å². The van der Waals surface area contributed by atoms with E-state index in [1.165, 1.54) is 6.42 Å². The second-order valence-corrected chi connectivity index (χ2v) is 5.63. The molecule has 0 spiro atoms. The van der Waals surface area contributed by atoms with Gasteiger partial charge in [0, 0.05) is 31.9 Å². The summed E-state index contributed by atoms with van der Waals surface area (Å²) in [5.41, 5.74) is 5.34. The van der Waals surface area contributed by atoms with Gasteiger partial charge < -0.3 is 15.6 Å². The van der Waals surface area contributed by atoms with Crippen molar-refractivity contribution in [3.05, 3.63) is 0 Å². The summed E-state index contributed by atoms with van der Waals surface area (Å²) in [6, 6.07) is 0. The van der Waals surface area contributed by atoms with Gasteiger partial charge in [0.1, 0.15) is 0 Å². The summed E-state index contributed by atoms with van der Waals surface area (Å²) in [5.74, 6) is 0.708. The Morgan fingerprint density at radius 2 is 2.07 bits per heavy atom. The number of hydrogen-bond acceptors (Lipinski definition) is 3. The quantitative estimate of drug-likeness (QED) is 0.743. The normalized spacial score (nSPS) is 50.4. The molecule has 2 atom stereocenters. The fourth-order valence-electron chi connectivity index (χ4n) is 3.49. The fourth-order valence-corrected chi connectivity index (χ4v) is 3.49. The van der Waals surface area contributed by atoms with Crippen molar-refractivity contribution in [2.45, 2.75) is 50.7 Å². The lowest BCUT2D eigenvalue weighted by Gasteiger charge is -2.54. The Morgan fingerprint density at radius 1 is 1.40 bits per heavy atom. The molecule has 15 heavy (non-hydrogen) atoms. The maximum atomic E-state index is 10.6. The monoisotopic (exact) mass is 213 g/mol. The first kappa shape index (κ1) is 11.4. The molecule has 0 aromatic rings. The average molecular weight is 213 g/mol. The topological polar surface area (TPSA) is 55.5 Å². The van der Waals surface area contributed by atoms with E-state index in [0.29, 0.717) is 12.5 Å². The number of ether oxygens (including phenoxy) is 1. The van der Waals surface area contributed by atoms with Gasteiger partial charge in [-0.05, 0) is 18.8 Å². The summed E-state index contributed by atoms with van der Waals surface area (Å²) < 4.78 is 5.26. The van der Waals surface area contributed by atoms with E-state index in [9.17, 15) is 5.11 Å². The summed E-state index contributed by atoms with van der Waals surface area (Å²) in [6.45, 7) is 2.87. The molecule has 0 radical (unpaired) electrons. The van der Waals surface area contributed by atoms with Gasteiger partial charge in [0.15, 0.2) is 0 Å². The van der Waals surface area contributed by atoms with E-state index >= 15 is 0 Å². The minimum atomic E-state index is -0.548. The first-order valence-electron chi connectivity index (χ1n) is 6.00. The second-order valence-electron chi connectivity index (χ2n) is 5.63. The summed E-state index contributed by atoms with van der Waals surface area (Å²) in [5, 5.41) is 10.6. The largest absolute Gasteiger partial charge is 0.389 e. The van der Waals surface area contributed by atoms with Crippen molar-refractivity contribution in [2.24, 2.45) is 17.1 Å². The van der Waals surface area contributed by atoms with Crippen LogP contribution >= 0.6 is 0 Å². The zero-order valence-corrected chi connectivity index (χ0v) is 9.83. The lowest BCUT2D eigenvalue weighted by Crippen LogP contribution is -2.61. The molecule has 0 amide bonds. The molecule has 0 aromatic carbocycles. The van der Waals surface area contributed by atoms with Gasteiger partial charge in [0.05, 0.1) is 11.7 Å². The van der Waals surface area contributed by atoms with Crippen LogP contribution in [0.1, 0.15) is 39.0 Å². The van der Waals surface area contributed by atoms with Crippen molar-refractivity contribution in [3.63, 3.8) is 0 Å². The minimum absolute atomic E-state index is 0.0263. The van der Waals surface area contributed by atoms with Gasteiger partial charge in [-0.3, -0.25) is 0 Å². The van der Waals surface area contributed by atoms with E-state index in [-0.39, 0.29) is 11.5 Å². The van der Waals surface area contributed by atoms with Gasteiger partial charge in [-0.2, -0.15) is 0 Å². The predicted molar refractivity (Wildman–Crippen MR) is 59.5 cm³/mol. The Morgan fingerprint density at radius 3 is 2.47 bits per heavy atom. The van der Waals surface area contributed by atoms with Crippen LogP contribution in [0, 0.1) is 11.3 Å². The van der Waals surface area contributed by atoms with Crippen LogP contribution in [0.5, 0.6) is 0 Å². The zero-order chi connectivity index (χ0) is 11.1. The lowest BCUT2D eigenvalue weighted by atomic mass is 9.59. The van der Waals surface area contributed by atoms with Crippen molar-refractivity contribution >= 4 is 0 Å².